The Labute approximate surface area is 110 Å². The summed E-state index contributed by atoms with van der Waals surface area (Å²) < 4.78 is 0. The van der Waals surface area contributed by atoms with Crippen molar-refractivity contribution in [3.05, 3.63) is 0 Å². The maximum absolute atomic E-state index is 11.4. The molecule has 17 heavy (non-hydrogen) atoms. The Morgan fingerprint density at radius 3 is 2.71 bits per heavy atom. The van der Waals surface area contributed by atoms with Crippen molar-refractivity contribution >= 4 is 17.7 Å². The highest BCUT2D eigenvalue weighted by Gasteiger charge is 2.09. The van der Waals surface area contributed by atoms with Crippen LogP contribution in [-0.4, -0.2) is 37.0 Å². The molecule has 0 saturated carbocycles. The molecule has 0 fully saturated rings. The van der Waals surface area contributed by atoms with Gasteiger partial charge in [-0.05, 0) is 38.3 Å². The molecule has 98 valence electrons. The zero-order chi connectivity index (χ0) is 12.9. The van der Waals surface area contributed by atoms with E-state index < -0.39 is 0 Å². The smallest absolute Gasteiger partial charge is 0.237 e. The van der Waals surface area contributed by atoms with Gasteiger partial charge in [-0.25, -0.2) is 0 Å². The number of nitrogens with one attached hydrogen (secondary N) is 2. The van der Waals surface area contributed by atoms with E-state index in [4.69, 9.17) is 6.42 Å². The zero-order valence-corrected chi connectivity index (χ0v) is 11.7. The molecular formula is C13H24N2OS. The molecular weight excluding hydrogens is 232 g/mol. The minimum absolute atomic E-state index is 0.0228. The van der Waals surface area contributed by atoms with Gasteiger partial charge in [0, 0.05) is 0 Å². The number of carbonyl (C=O) groups excluding carboxylic acids is 1. The van der Waals surface area contributed by atoms with Crippen molar-refractivity contribution in [2.45, 2.75) is 38.6 Å². The maximum atomic E-state index is 11.4. The first-order chi connectivity index (χ1) is 8.22. The number of amides is 1. The van der Waals surface area contributed by atoms with Crippen LogP contribution in [0.25, 0.3) is 0 Å². The number of unbranched alkanes of at least 4 members (excludes halogenated alkanes) is 3. The van der Waals surface area contributed by atoms with Gasteiger partial charge in [0.05, 0.1) is 12.6 Å². The van der Waals surface area contributed by atoms with E-state index in [1.165, 1.54) is 25.0 Å². The second-order valence-corrected chi connectivity index (χ2v) is 4.99. The van der Waals surface area contributed by atoms with Crippen molar-refractivity contribution in [3.63, 3.8) is 0 Å². The fourth-order valence-electron chi connectivity index (χ4n) is 1.43. The lowest BCUT2D eigenvalue weighted by Crippen LogP contribution is -2.42. The summed E-state index contributed by atoms with van der Waals surface area (Å²) in [6.45, 7) is 3.06. The van der Waals surface area contributed by atoms with Crippen LogP contribution in [0.5, 0.6) is 0 Å². The predicted octanol–water partition coefficient (Wildman–Crippen LogP) is 1.64. The van der Waals surface area contributed by atoms with Gasteiger partial charge in [0.2, 0.25) is 5.91 Å². The van der Waals surface area contributed by atoms with Gasteiger partial charge in [-0.15, -0.1) is 6.42 Å². The molecule has 4 heteroatoms. The van der Waals surface area contributed by atoms with Gasteiger partial charge in [0.25, 0.3) is 0 Å². The summed E-state index contributed by atoms with van der Waals surface area (Å²) in [6.07, 6.45) is 12.1. The quantitative estimate of drug-likeness (QED) is 0.461. The Balaban J connectivity index is 3.35. The summed E-state index contributed by atoms with van der Waals surface area (Å²) in [7, 11) is 0. The molecule has 2 N–H and O–H groups in total. The van der Waals surface area contributed by atoms with Crippen LogP contribution < -0.4 is 10.6 Å². The highest BCUT2D eigenvalue weighted by molar-refractivity contribution is 7.98. The minimum Gasteiger partial charge on any atom is -0.344 e. The van der Waals surface area contributed by atoms with Gasteiger partial charge in [0.15, 0.2) is 0 Å². The number of terminal acetylenes is 1. The Morgan fingerprint density at radius 1 is 1.35 bits per heavy atom. The van der Waals surface area contributed by atoms with Crippen LogP contribution in [0.3, 0.4) is 0 Å². The first-order valence-corrected chi connectivity index (χ1v) is 7.55. The second-order valence-electron chi connectivity index (χ2n) is 4.00. The van der Waals surface area contributed by atoms with E-state index in [-0.39, 0.29) is 11.9 Å². The summed E-state index contributed by atoms with van der Waals surface area (Å²) in [5, 5.41) is 5.86. The average Bonchev–Trinajstić information content (AvgIpc) is 2.34. The SMILES string of the molecule is C#CCNC(=O)C(C)NCCCCCCSC. The first-order valence-electron chi connectivity index (χ1n) is 6.16. The Hall–Kier alpha value is -0.660. The van der Waals surface area contributed by atoms with Crippen LogP contribution in [0, 0.1) is 12.3 Å². The van der Waals surface area contributed by atoms with E-state index in [1.54, 1.807) is 0 Å². The van der Waals surface area contributed by atoms with Gasteiger partial charge in [-0.2, -0.15) is 11.8 Å². The third kappa shape index (κ3) is 10.2. The predicted molar refractivity (Wildman–Crippen MR) is 76.2 cm³/mol. The molecule has 0 radical (unpaired) electrons. The van der Waals surface area contributed by atoms with Crippen molar-refractivity contribution in [2.24, 2.45) is 0 Å². The normalized spacial score (nSPS) is 11.8. The van der Waals surface area contributed by atoms with Gasteiger partial charge < -0.3 is 10.6 Å². The van der Waals surface area contributed by atoms with Crippen LogP contribution in [0.15, 0.2) is 0 Å². The van der Waals surface area contributed by atoms with E-state index in [9.17, 15) is 4.79 Å². The number of hydrogen-bond donors (Lipinski definition) is 2. The second kappa shape index (κ2) is 11.8. The van der Waals surface area contributed by atoms with Crippen molar-refractivity contribution in [1.82, 2.24) is 10.6 Å². The average molecular weight is 256 g/mol. The summed E-state index contributed by atoms with van der Waals surface area (Å²) in [4.78, 5) is 11.4. The fraction of sp³-hybridized carbons (Fsp3) is 0.769. The number of rotatable bonds is 10. The third-order valence-corrected chi connectivity index (χ3v) is 3.18. The molecule has 0 aromatic carbocycles. The van der Waals surface area contributed by atoms with E-state index >= 15 is 0 Å². The largest absolute Gasteiger partial charge is 0.344 e. The van der Waals surface area contributed by atoms with Gasteiger partial charge in [0.1, 0.15) is 0 Å². The molecule has 1 atom stereocenters. The highest BCUT2D eigenvalue weighted by atomic mass is 32.2. The van der Waals surface area contributed by atoms with E-state index in [1.807, 2.05) is 18.7 Å². The van der Waals surface area contributed by atoms with Crippen molar-refractivity contribution < 1.29 is 4.79 Å². The van der Waals surface area contributed by atoms with Crippen LogP contribution in [0.1, 0.15) is 32.6 Å². The van der Waals surface area contributed by atoms with Gasteiger partial charge >= 0.3 is 0 Å². The topological polar surface area (TPSA) is 41.1 Å². The Morgan fingerprint density at radius 2 is 2.06 bits per heavy atom. The molecule has 1 amide bonds. The molecule has 0 aliphatic carbocycles. The van der Waals surface area contributed by atoms with Crippen LogP contribution >= 0.6 is 11.8 Å². The van der Waals surface area contributed by atoms with Crippen LogP contribution in [-0.2, 0) is 4.79 Å². The highest BCUT2D eigenvalue weighted by Crippen LogP contribution is 2.03. The molecule has 0 aromatic rings. The molecule has 0 bridgehead atoms. The van der Waals surface area contributed by atoms with E-state index in [0.717, 1.165) is 13.0 Å². The van der Waals surface area contributed by atoms with Gasteiger partial charge in [-0.3, -0.25) is 4.79 Å². The lowest BCUT2D eigenvalue weighted by Gasteiger charge is -2.12. The van der Waals surface area contributed by atoms with Crippen LogP contribution in [0.2, 0.25) is 0 Å². The van der Waals surface area contributed by atoms with Crippen LogP contribution in [0.4, 0.5) is 0 Å². The summed E-state index contributed by atoms with van der Waals surface area (Å²) in [6, 6.07) is -0.158. The van der Waals surface area contributed by atoms with Crippen molar-refractivity contribution in [1.29, 1.82) is 0 Å². The minimum atomic E-state index is -0.158. The Kier molecular flexibility index (Phi) is 11.4. The van der Waals surface area contributed by atoms with Crippen molar-refractivity contribution in [2.75, 3.05) is 25.1 Å². The molecule has 0 rings (SSSR count). The fourth-order valence-corrected chi connectivity index (χ4v) is 1.92. The molecule has 1 unspecified atom stereocenters. The summed E-state index contributed by atoms with van der Waals surface area (Å²) in [5.41, 5.74) is 0. The third-order valence-electron chi connectivity index (χ3n) is 2.48. The molecule has 0 aliphatic rings. The molecule has 0 spiro atoms. The lowest BCUT2D eigenvalue weighted by atomic mass is 10.2. The zero-order valence-electron chi connectivity index (χ0n) is 10.9. The Bertz CT molecular complexity index is 238. The first kappa shape index (κ1) is 16.3. The lowest BCUT2D eigenvalue weighted by molar-refractivity contribution is -0.122. The number of hydrogen-bond acceptors (Lipinski definition) is 3. The van der Waals surface area contributed by atoms with E-state index in [2.05, 4.69) is 22.8 Å². The molecule has 0 aromatic heterocycles. The molecule has 3 nitrogen and oxygen atoms in total. The standard InChI is InChI=1S/C13H24N2OS/c1-4-9-15-13(16)12(2)14-10-7-5-6-8-11-17-3/h1,12,14H,5-11H2,2-3H3,(H,15,16). The number of carbonyl (C=O) groups is 1. The number of thioether (sulfide) groups is 1. The maximum Gasteiger partial charge on any atom is 0.237 e. The molecule has 0 aliphatic heterocycles. The summed E-state index contributed by atoms with van der Waals surface area (Å²) >= 11 is 1.90. The molecule has 0 heterocycles. The summed E-state index contributed by atoms with van der Waals surface area (Å²) in [5.74, 6) is 3.61. The molecule has 0 saturated heterocycles. The van der Waals surface area contributed by atoms with E-state index in [0.29, 0.717) is 6.54 Å². The van der Waals surface area contributed by atoms with Gasteiger partial charge in [-0.1, -0.05) is 18.8 Å². The monoisotopic (exact) mass is 256 g/mol. The van der Waals surface area contributed by atoms with Crippen molar-refractivity contribution in [3.8, 4) is 12.3 Å².